The Hall–Kier alpha value is -0.460. The Balaban J connectivity index is 4.68. The summed E-state index contributed by atoms with van der Waals surface area (Å²) in [5.74, 6) is -0.667. The van der Waals surface area contributed by atoms with Crippen LogP contribution in [0.5, 0.6) is 0 Å². The number of rotatable bonds is 8. The van der Waals surface area contributed by atoms with Gasteiger partial charge in [0, 0.05) is 14.2 Å². The van der Waals surface area contributed by atoms with Crippen molar-refractivity contribution in [3.8, 4) is 0 Å². The molecule has 0 fully saturated rings. The normalized spacial score (nSPS) is 18.2. The summed E-state index contributed by atoms with van der Waals surface area (Å²) in [5.41, 5.74) is 0. The third kappa shape index (κ3) is 6.75. The van der Waals surface area contributed by atoms with Gasteiger partial charge in [0.05, 0.1) is 25.6 Å². The molecule has 0 aromatic carbocycles. The number of ether oxygens (including phenoxy) is 3. The van der Waals surface area contributed by atoms with Crippen molar-refractivity contribution in [2.24, 2.45) is 0 Å². The summed E-state index contributed by atoms with van der Waals surface area (Å²) in [6.07, 6.45) is -3.35. The van der Waals surface area contributed by atoms with E-state index in [9.17, 15) is 19.6 Å². The van der Waals surface area contributed by atoms with Gasteiger partial charge in [-0.15, -0.1) is 0 Å². The molecule has 0 spiro atoms. The molecule has 0 saturated heterocycles. The lowest BCUT2D eigenvalue weighted by molar-refractivity contribution is -0.137. The molecule has 0 aliphatic carbocycles. The van der Waals surface area contributed by atoms with E-state index in [4.69, 9.17) is 0 Å². The van der Waals surface area contributed by atoms with Crippen LogP contribution < -0.4 is 0 Å². The van der Waals surface area contributed by atoms with Gasteiger partial charge in [0.1, 0.15) is 7.14 Å². The maximum Gasteiger partial charge on any atom is 0.312 e. The Morgan fingerprint density at radius 2 is 1.53 bits per heavy atom. The number of aliphatic hydroxyl groups is 2. The van der Waals surface area contributed by atoms with E-state index in [1.54, 1.807) is 0 Å². The lowest BCUT2D eigenvalue weighted by Gasteiger charge is -2.21. The van der Waals surface area contributed by atoms with Crippen LogP contribution in [0.2, 0.25) is 0 Å². The van der Waals surface area contributed by atoms with E-state index in [0.29, 0.717) is 0 Å². The van der Waals surface area contributed by atoms with Crippen molar-refractivity contribution in [3.63, 3.8) is 0 Å². The molecule has 0 bridgehead atoms. The van der Waals surface area contributed by atoms with Gasteiger partial charge in [-0.3, -0.25) is 4.79 Å². The van der Waals surface area contributed by atoms with Gasteiger partial charge in [0.2, 0.25) is 0 Å². The molecular formula is C9H19O7P. The maximum atomic E-state index is 12.3. The van der Waals surface area contributed by atoms with E-state index in [2.05, 4.69) is 14.2 Å². The standard InChI is InChI=1S/C9H19O7P/c1-14-7(10)4-17(13,5-8(11)15-2)6-9(12)16-3/h7-8,10-11H,4-6H2,1-3H3. The average Bonchev–Trinajstić information content (AvgIpc) is 2.27. The van der Waals surface area contributed by atoms with Crippen LogP contribution in [0.25, 0.3) is 0 Å². The van der Waals surface area contributed by atoms with Crippen molar-refractivity contribution < 1.29 is 33.8 Å². The zero-order chi connectivity index (χ0) is 13.5. The summed E-state index contributed by atoms with van der Waals surface area (Å²) in [6.45, 7) is 0. The van der Waals surface area contributed by atoms with Crippen molar-refractivity contribution >= 4 is 13.1 Å². The van der Waals surface area contributed by atoms with Gasteiger partial charge in [-0.2, -0.15) is 0 Å². The molecule has 0 aromatic heterocycles. The summed E-state index contributed by atoms with van der Waals surface area (Å²) in [7, 11) is 0.511. The van der Waals surface area contributed by atoms with Crippen LogP contribution in [0, 0.1) is 0 Å². The predicted octanol–water partition coefficient (Wildman–Crippen LogP) is -0.548. The fourth-order valence-electron chi connectivity index (χ4n) is 1.22. The Morgan fingerprint density at radius 3 is 1.82 bits per heavy atom. The summed E-state index contributed by atoms with van der Waals surface area (Å²) in [4.78, 5) is 11.1. The van der Waals surface area contributed by atoms with Crippen molar-refractivity contribution in [2.75, 3.05) is 39.8 Å². The highest BCUT2D eigenvalue weighted by Gasteiger charge is 2.32. The third-order valence-electron chi connectivity index (χ3n) is 2.17. The van der Waals surface area contributed by atoms with Crippen LogP contribution in [0.15, 0.2) is 0 Å². The van der Waals surface area contributed by atoms with E-state index in [1.807, 2.05) is 0 Å². The molecule has 17 heavy (non-hydrogen) atoms. The topological polar surface area (TPSA) is 102 Å². The van der Waals surface area contributed by atoms with E-state index in [0.717, 1.165) is 0 Å². The Morgan fingerprint density at radius 1 is 1.12 bits per heavy atom. The van der Waals surface area contributed by atoms with E-state index >= 15 is 0 Å². The molecule has 8 heteroatoms. The van der Waals surface area contributed by atoms with Crippen LogP contribution in [-0.2, 0) is 23.6 Å². The Labute approximate surface area is 100 Å². The quantitative estimate of drug-likeness (QED) is 0.346. The van der Waals surface area contributed by atoms with Gasteiger partial charge in [-0.05, 0) is 0 Å². The minimum Gasteiger partial charge on any atom is -0.469 e. The smallest absolute Gasteiger partial charge is 0.312 e. The molecule has 0 radical (unpaired) electrons. The van der Waals surface area contributed by atoms with E-state index < -0.39 is 25.7 Å². The number of hydrogen-bond donors (Lipinski definition) is 2. The zero-order valence-corrected chi connectivity index (χ0v) is 11.1. The first kappa shape index (κ1) is 16.5. The molecular weight excluding hydrogens is 251 g/mol. The van der Waals surface area contributed by atoms with E-state index in [1.165, 1.54) is 21.3 Å². The summed E-state index contributed by atoms with van der Waals surface area (Å²) in [6, 6.07) is 0. The number of hydrogen-bond acceptors (Lipinski definition) is 7. The summed E-state index contributed by atoms with van der Waals surface area (Å²) >= 11 is 0. The number of esters is 1. The molecule has 0 aliphatic heterocycles. The Kier molecular flexibility index (Phi) is 7.58. The van der Waals surface area contributed by atoms with Gasteiger partial charge in [0.25, 0.3) is 0 Å². The first-order chi connectivity index (χ1) is 7.86. The second-order valence-electron chi connectivity index (χ2n) is 3.54. The van der Waals surface area contributed by atoms with Crippen LogP contribution in [0.3, 0.4) is 0 Å². The molecule has 102 valence electrons. The van der Waals surface area contributed by atoms with Crippen molar-refractivity contribution in [1.82, 2.24) is 0 Å². The Bertz CT molecular complexity index is 265. The monoisotopic (exact) mass is 270 g/mol. The largest absolute Gasteiger partial charge is 0.469 e. The second kappa shape index (κ2) is 7.79. The first-order valence-corrected chi connectivity index (χ1v) is 7.18. The lowest BCUT2D eigenvalue weighted by Crippen LogP contribution is -2.25. The molecule has 0 aliphatic rings. The van der Waals surface area contributed by atoms with Gasteiger partial charge in [-0.1, -0.05) is 0 Å². The summed E-state index contributed by atoms with van der Waals surface area (Å²) < 4.78 is 25.9. The van der Waals surface area contributed by atoms with Crippen molar-refractivity contribution in [3.05, 3.63) is 0 Å². The molecule has 0 aromatic rings. The van der Waals surface area contributed by atoms with Crippen LogP contribution in [-0.4, -0.2) is 68.6 Å². The van der Waals surface area contributed by atoms with Crippen molar-refractivity contribution in [1.29, 1.82) is 0 Å². The lowest BCUT2D eigenvalue weighted by atomic mass is 10.7. The fourth-order valence-corrected chi connectivity index (χ4v) is 3.67. The van der Waals surface area contributed by atoms with Crippen LogP contribution in [0.1, 0.15) is 0 Å². The number of carbonyl (C=O) groups excluding carboxylic acids is 1. The highest BCUT2D eigenvalue weighted by molar-refractivity contribution is 7.64. The average molecular weight is 270 g/mol. The zero-order valence-electron chi connectivity index (χ0n) is 10.2. The van der Waals surface area contributed by atoms with Gasteiger partial charge >= 0.3 is 5.97 Å². The minimum absolute atomic E-state index is 0.237. The molecule has 0 heterocycles. The number of carbonyl (C=O) groups is 1. The van der Waals surface area contributed by atoms with Crippen LogP contribution >= 0.6 is 7.14 Å². The molecule has 0 saturated carbocycles. The molecule has 0 rings (SSSR count). The molecule has 2 N–H and O–H groups in total. The van der Waals surface area contributed by atoms with Crippen LogP contribution in [0.4, 0.5) is 0 Å². The third-order valence-corrected chi connectivity index (χ3v) is 4.96. The SMILES string of the molecule is COC(=O)CP(=O)(CC(O)OC)CC(O)OC. The van der Waals surface area contributed by atoms with Gasteiger partial charge in [0.15, 0.2) is 12.6 Å². The molecule has 2 atom stereocenters. The van der Waals surface area contributed by atoms with Crippen molar-refractivity contribution in [2.45, 2.75) is 12.6 Å². The number of methoxy groups -OCH3 is 3. The summed E-state index contributed by atoms with van der Waals surface area (Å²) in [5, 5.41) is 18.6. The van der Waals surface area contributed by atoms with E-state index in [-0.39, 0.29) is 18.5 Å². The molecule has 2 unspecified atom stereocenters. The van der Waals surface area contributed by atoms with Gasteiger partial charge in [-0.25, -0.2) is 0 Å². The molecule has 0 amide bonds. The highest BCUT2D eigenvalue weighted by atomic mass is 31.2. The minimum atomic E-state index is -3.16. The first-order valence-electron chi connectivity index (χ1n) is 4.92. The predicted molar refractivity (Wildman–Crippen MR) is 60.3 cm³/mol. The fraction of sp³-hybridized carbons (Fsp3) is 0.889. The van der Waals surface area contributed by atoms with Gasteiger partial charge < -0.3 is 29.0 Å². The second-order valence-corrected chi connectivity index (χ2v) is 6.70. The molecule has 7 nitrogen and oxygen atoms in total. The maximum absolute atomic E-state index is 12.3. The highest BCUT2D eigenvalue weighted by Crippen LogP contribution is 2.46. The number of aliphatic hydroxyl groups excluding tert-OH is 2.